The third-order valence-corrected chi connectivity index (χ3v) is 6.52. The summed E-state index contributed by atoms with van der Waals surface area (Å²) in [4.78, 5) is 34.4. The van der Waals surface area contributed by atoms with Gasteiger partial charge in [0, 0.05) is 31.7 Å². The summed E-state index contributed by atoms with van der Waals surface area (Å²) in [7, 11) is 0. The number of amides is 2. The fourth-order valence-electron chi connectivity index (χ4n) is 4.84. The van der Waals surface area contributed by atoms with Crippen LogP contribution in [0.3, 0.4) is 0 Å². The minimum atomic E-state index is -0.669. The Kier molecular flexibility index (Phi) is 6.45. The van der Waals surface area contributed by atoms with Crippen LogP contribution in [0.2, 0.25) is 0 Å². The number of carbonyl (C=O) groups is 2. The molecule has 1 aliphatic carbocycles. The van der Waals surface area contributed by atoms with Crippen molar-refractivity contribution in [3.63, 3.8) is 0 Å². The lowest BCUT2D eigenvalue weighted by molar-refractivity contribution is -0.119. The standard InChI is InChI=1S/C24H29N7O2/c1-16(32)28-19-5-4-12-31(14-19)20-13-27-21(22(26)33)23(30-20)29-18-8-6-17(7-9-18)24(15-25)10-2-3-11-24/h6-9,13,19H,2-5,10-12,14H2,1H3,(H2,26,33)(H,28,32)(H,29,30). The molecule has 172 valence electrons. The molecule has 0 bridgehead atoms. The number of anilines is 3. The second-order valence-corrected chi connectivity index (χ2v) is 8.88. The molecule has 9 heteroatoms. The van der Waals surface area contributed by atoms with Crippen LogP contribution in [0.25, 0.3) is 0 Å². The number of nitrogens with two attached hydrogens (primary N) is 1. The normalized spacial score (nSPS) is 19.5. The van der Waals surface area contributed by atoms with Crippen molar-refractivity contribution >= 4 is 29.1 Å². The molecule has 1 unspecified atom stereocenters. The van der Waals surface area contributed by atoms with Gasteiger partial charge in [-0.25, -0.2) is 9.97 Å². The van der Waals surface area contributed by atoms with Gasteiger partial charge >= 0.3 is 0 Å². The van der Waals surface area contributed by atoms with E-state index in [0.717, 1.165) is 56.3 Å². The molecule has 0 radical (unpaired) electrons. The van der Waals surface area contributed by atoms with E-state index < -0.39 is 11.3 Å². The fourth-order valence-corrected chi connectivity index (χ4v) is 4.84. The van der Waals surface area contributed by atoms with E-state index in [0.29, 0.717) is 12.4 Å². The van der Waals surface area contributed by atoms with Gasteiger partial charge in [-0.3, -0.25) is 9.59 Å². The van der Waals surface area contributed by atoms with Gasteiger partial charge in [-0.2, -0.15) is 5.26 Å². The molecule has 1 aromatic heterocycles. The number of rotatable bonds is 6. The Labute approximate surface area is 193 Å². The molecule has 1 atom stereocenters. The highest BCUT2D eigenvalue weighted by atomic mass is 16.1. The van der Waals surface area contributed by atoms with Crippen LogP contribution in [0.1, 0.15) is 61.5 Å². The Morgan fingerprint density at radius 1 is 1.21 bits per heavy atom. The third kappa shape index (κ3) is 4.90. The zero-order chi connectivity index (χ0) is 23.4. The van der Waals surface area contributed by atoms with Crippen molar-refractivity contribution in [1.82, 2.24) is 15.3 Å². The largest absolute Gasteiger partial charge is 0.364 e. The fraction of sp³-hybridized carbons (Fsp3) is 0.458. The summed E-state index contributed by atoms with van der Waals surface area (Å²) in [6.45, 7) is 2.92. The minimum absolute atomic E-state index is 0.0425. The van der Waals surface area contributed by atoms with Crippen LogP contribution in [0.5, 0.6) is 0 Å². The summed E-state index contributed by atoms with van der Waals surface area (Å²) in [6, 6.07) is 10.2. The van der Waals surface area contributed by atoms with Crippen LogP contribution in [0.15, 0.2) is 30.5 Å². The summed E-state index contributed by atoms with van der Waals surface area (Å²) in [6.07, 6.45) is 7.26. The molecule has 4 N–H and O–H groups in total. The number of carbonyl (C=O) groups excluding carboxylic acids is 2. The second kappa shape index (κ2) is 9.45. The van der Waals surface area contributed by atoms with E-state index in [-0.39, 0.29) is 23.5 Å². The van der Waals surface area contributed by atoms with Crippen molar-refractivity contribution in [3.05, 3.63) is 41.7 Å². The van der Waals surface area contributed by atoms with Gasteiger partial charge in [0.1, 0.15) is 5.82 Å². The van der Waals surface area contributed by atoms with E-state index in [1.807, 2.05) is 29.2 Å². The molecule has 1 aromatic carbocycles. The zero-order valence-electron chi connectivity index (χ0n) is 18.8. The molecule has 0 spiro atoms. The number of aromatic nitrogens is 2. The monoisotopic (exact) mass is 447 g/mol. The third-order valence-electron chi connectivity index (χ3n) is 6.52. The van der Waals surface area contributed by atoms with Gasteiger partial charge in [0.05, 0.1) is 17.7 Å². The maximum Gasteiger partial charge on any atom is 0.271 e. The first kappa shape index (κ1) is 22.5. The number of hydrogen-bond donors (Lipinski definition) is 3. The Morgan fingerprint density at radius 2 is 1.94 bits per heavy atom. The smallest absolute Gasteiger partial charge is 0.271 e. The zero-order valence-corrected chi connectivity index (χ0v) is 18.8. The van der Waals surface area contributed by atoms with Gasteiger partial charge in [-0.05, 0) is 43.4 Å². The van der Waals surface area contributed by atoms with Gasteiger partial charge in [0.2, 0.25) is 5.91 Å². The molecular formula is C24H29N7O2. The first-order valence-corrected chi connectivity index (χ1v) is 11.4. The molecule has 2 aliphatic rings. The van der Waals surface area contributed by atoms with Crippen molar-refractivity contribution in [2.75, 3.05) is 23.3 Å². The molecule has 2 fully saturated rings. The Balaban J connectivity index is 1.56. The van der Waals surface area contributed by atoms with E-state index in [9.17, 15) is 14.9 Å². The van der Waals surface area contributed by atoms with Gasteiger partial charge < -0.3 is 21.3 Å². The summed E-state index contributed by atoms with van der Waals surface area (Å²) < 4.78 is 0. The van der Waals surface area contributed by atoms with Crippen LogP contribution in [0, 0.1) is 11.3 Å². The Hall–Kier alpha value is -3.67. The van der Waals surface area contributed by atoms with Crippen molar-refractivity contribution in [1.29, 1.82) is 5.26 Å². The van der Waals surface area contributed by atoms with Crippen LogP contribution in [-0.2, 0) is 10.2 Å². The lowest BCUT2D eigenvalue weighted by Crippen LogP contribution is -2.47. The van der Waals surface area contributed by atoms with Crippen molar-refractivity contribution < 1.29 is 9.59 Å². The summed E-state index contributed by atoms with van der Waals surface area (Å²) in [5.41, 5.74) is 6.93. The first-order valence-electron chi connectivity index (χ1n) is 11.4. The SMILES string of the molecule is CC(=O)NC1CCCN(c2cnc(C(N)=O)c(Nc3ccc(C4(C#N)CCCC4)cc3)n2)C1. The maximum atomic E-state index is 12.0. The molecule has 9 nitrogen and oxygen atoms in total. The quantitative estimate of drug-likeness (QED) is 0.619. The van der Waals surface area contributed by atoms with Gasteiger partial charge in [0.15, 0.2) is 11.5 Å². The number of nitrogens with zero attached hydrogens (tertiary/aromatic N) is 4. The van der Waals surface area contributed by atoms with Gasteiger partial charge in [-0.1, -0.05) is 25.0 Å². The number of hydrogen-bond acceptors (Lipinski definition) is 7. The number of primary amides is 1. The topological polar surface area (TPSA) is 137 Å². The van der Waals surface area contributed by atoms with E-state index in [1.165, 1.54) is 6.92 Å². The Bertz CT molecular complexity index is 1070. The van der Waals surface area contributed by atoms with E-state index in [2.05, 4.69) is 26.7 Å². The molecule has 1 aliphatic heterocycles. The Morgan fingerprint density at radius 3 is 2.58 bits per heavy atom. The second-order valence-electron chi connectivity index (χ2n) is 8.88. The molecule has 2 heterocycles. The number of nitrogens with one attached hydrogen (secondary N) is 2. The summed E-state index contributed by atoms with van der Waals surface area (Å²) in [5, 5.41) is 15.9. The molecule has 1 saturated carbocycles. The summed E-state index contributed by atoms with van der Waals surface area (Å²) in [5.74, 6) is 0.171. The molecule has 2 amide bonds. The molecule has 2 aromatic rings. The number of nitriles is 1. The van der Waals surface area contributed by atoms with Crippen molar-refractivity contribution in [2.24, 2.45) is 5.73 Å². The maximum absolute atomic E-state index is 12.0. The van der Waals surface area contributed by atoms with Crippen molar-refractivity contribution in [3.8, 4) is 6.07 Å². The first-order chi connectivity index (χ1) is 15.9. The van der Waals surface area contributed by atoms with Crippen LogP contribution in [0.4, 0.5) is 17.3 Å². The van der Waals surface area contributed by atoms with Crippen LogP contribution in [-0.4, -0.2) is 40.9 Å². The number of benzene rings is 1. The molecule has 33 heavy (non-hydrogen) atoms. The lowest BCUT2D eigenvalue weighted by Gasteiger charge is -2.33. The highest BCUT2D eigenvalue weighted by Crippen LogP contribution is 2.40. The van der Waals surface area contributed by atoms with E-state index in [1.54, 1.807) is 6.20 Å². The molecule has 1 saturated heterocycles. The predicted octanol–water partition coefficient (Wildman–Crippen LogP) is 2.76. The van der Waals surface area contributed by atoms with Crippen LogP contribution >= 0.6 is 0 Å². The highest BCUT2D eigenvalue weighted by molar-refractivity contribution is 5.96. The van der Waals surface area contributed by atoms with Crippen LogP contribution < -0.4 is 21.3 Å². The minimum Gasteiger partial charge on any atom is -0.364 e. The lowest BCUT2D eigenvalue weighted by atomic mass is 9.80. The predicted molar refractivity (Wildman–Crippen MR) is 125 cm³/mol. The van der Waals surface area contributed by atoms with E-state index in [4.69, 9.17) is 5.73 Å². The molecular weight excluding hydrogens is 418 g/mol. The summed E-state index contributed by atoms with van der Waals surface area (Å²) >= 11 is 0. The van der Waals surface area contributed by atoms with Gasteiger partial charge in [0.25, 0.3) is 5.91 Å². The van der Waals surface area contributed by atoms with Gasteiger partial charge in [-0.15, -0.1) is 0 Å². The highest BCUT2D eigenvalue weighted by Gasteiger charge is 2.35. The van der Waals surface area contributed by atoms with Crippen molar-refractivity contribution in [2.45, 2.75) is 56.9 Å². The average Bonchev–Trinajstić information content (AvgIpc) is 3.29. The average molecular weight is 448 g/mol. The van der Waals surface area contributed by atoms with E-state index >= 15 is 0 Å². The molecule has 4 rings (SSSR count). The number of piperidine rings is 1.